The summed E-state index contributed by atoms with van der Waals surface area (Å²) >= 11 is 0. The van der Waals surface area contributed by atoms with Gasteiger partial charge in [0.1, 0.15) is 5.58 Å². The summed E-state index contributed by atoms with van der Waals surface area (Å²) in [5.74, 6) is -0.681. The lowest BCUT2D eigenvalue weighted by Crippen LogP contribution is -2.43. The zero-order valence-electron chi connectivity index (χ0n) is 19.1. The molecular weight excluding hydrogens is 440 g/mol. The minimum Gasteiger partial charge on any atom is -0.451 e. The number of fused-ring (bicyclic) bond motifs is 1. The van der Waals surface area contributed by atoms with Crippen molar-refractivity contribution in [2.75, 3.05) is 11.9 Å². The molecule has 2 aromatic carbocycles. The number of sulfonamides is 1. The van der Waals surface area contributed by atoms with E-state index in [4.69, 9.17) is 4.42 Å². The molecule has 8 heteroatoms. The Labute approximate surface area is 193 Å². The minimum absolute atomic E-state index is 0.0196. The standard InChI is InChI=1S/C25H28N2O5S/c1-4-19-7-5-6-12-27(19)33(30,31)20-10-8-18(9-11-20)26-25(29)23-15-21(28)24-17(3)13-16(2)14-22(24)32-23/h8-11,13-15,19H,4-7,12H2,1-3H3,(H,26,29)/t19-/m1/s1. The molecule has 174 valence electrons. The summed E-state index contributed by atoms with van der Waals surface area (Å²) in [5.41, 5.74) is 2.21. The van der Waals surface area contributed by atoms with Crippen LogP contribution in [0.15, 0.2) is 56.6 Å². The SMILES string of the molecule is CC[C@@H]1CCCCN1S(=O)(=O)c1ccc(NC(=O)c2cc(=O)c3c(C)cc(C)cc3o2)cc1. The second kappa shape index (κ2) is 9.11. The van der Waals surface area contributed by atoms with Crippen molar-refractivity contribution in [1.29, 1.82) is 0 Å². The van der Waals surface area contributed by atoms with E-state index in [0.717, 1.165) is 36.8 Å². The molecule has 1 aliphatic heterocycles. The van der Waals surface area contributed by atoms with Gasteiger partial charge in [-0.3, -0.25) is 9.59 Å². The van der Waals surface area contributed by atoms with Crippen LogP contribution < -0.4 is 10.7 Å². The molecule has 0 saturated carbocycles. The number of carbonyl (C=O) groups is 1. The van der Waals surface area contributed by atoms with Crippen molar-refractivity contribution >= 4 is 32.6 Å². The molecule has 0 aliphatic carbocycles. The van der Waals surface area contributed by atoms with Crippen molar-refractivity contribution in [3.63, 3.8) is 0 Å². The Morgan fingerprint density at radius 3 is 2.55 bits per heavy atom. The maximum absolute atomic E-state index is 13.1. The molecule has 3 aromatic rings. The van der Waals surface area contributed by atoms with E-state index in [9.17, 15) is 18.0 Å². The second-order valence-electron chi connectivity index (χ2n) is 8.58. The lowest BCUT2D eigenvalue weighted by molar-refractivity contribution is 0.0997. The lowest BCUT2D eigenvalue weighted by atomic mass is 10.0. The lowest BCUT2D eigenvalue weighted by Gasteiger charge is -2.34. The zero-order valence-corrected chi connectivity index (χ0v) is 19.9. The molecule has 1 atom stereocenters. The first-order valence-corrected chi connectivity index (χ1v) is 12.6. The maximum atomic E-state index is 13.1. The van der Waals surface area contributed by atoms with Crippen LogP contribution in [-0.2, 0) is 10.0 Å². The third kappa shape index (κ3) is 4.58. The summed E-state index contributed by atoms with van der Waals surface area (Å²) in [6.45, 7) is 6.25. The Balaban J connectivity index is 1.56. The number of aryl methyl sites for hydroxylation is 2. The Hall–Kier alpha value is -2.97. The molecule has 1 fully saturated rings. The summed E-state index contributed by atoms with van der Waals surface area (Å²) < 4.78 is 33.5. The molecule has 4 rings (SSSR count). The number of carbonyl (C=O) groups excluding carboxylic acids is 1. The van der Waals surface area contributed by atoms with Gasteiger partial charge in [-0.2, -0.15) is 4.31 Å². The highest BCUT2D eigenvalue weighted by Gasteiger charge is 2.32. The first-order chi connectivity index (χ1) is 15.7. The van der Waals surface area contributed by atoms with Gasteiger partial charge in [-0.1, -0.05) is 19.4 Å². The highest BCUT2D eigenvalue weighted by molar-refractivity contribution is 7.89. The van der Waals surface area contributed by atoms with Crippen molar-refractivity contribution in [3.05, 3.63) is 69.6 Å². The number of piperidine rings is 1. The van der Waals surface area contributed by atoms with Crippen LogP contribution in [0.4, 0.5) is 5.69 Å². The van der Waals surface area contributed by atoms with Crippen LogP contribution in [0.5, 0.6) is 0 Å². The van der Waals surface area contributed by atoms with E-state index in [0.29, 0.717) is 23.2 Å². The minimum atomic E-state index is -3.60. The highest BCUT2D eigenvalue weighted by Crippen LogP contribution is 2.28. The van der Waals surface area contributed by atoms with E-state index >= 15 is 0 Å². The highest BCUT2D eigenvalue weighted by atomic mass is 32.2. The topological polar surface area (TPSA) is 96.7 Å². The van der Waals surface area contributed by atoms with Crippen LogP contribution in [0.2, 0.25) is 0 Å². The third-order valence-corrected chi connectivity index (χ3v) is 8.13. The van der Waals surface area contributed by atoms with Crippen molar-refractivity contribution in [2.45, 2.75) is 57.4 Å². The number of nitrogens with zero attached hydrogens (tertiary/aromatic N) is 1. The molecule has 7 nitrogen and oxygen atoms in total. The summed E-state index contributed by atoms with van der Waals surface area (Å²) in [6.07, 6.45) is 3.56. The maximum Gasteiger partial charge on any atom is 0.291 e. The zero-order chi connectivity index (χ0) is 23.8. The predicted molar refractivity (Wildman–Crippen MR) is 128 cm³/mol. The van der Waals surface area contributed by atoms with Crippen molar-refractivity contribution in [2.24, 2.45) is 0 Å². The number of rotatable bonds is 5. The summed E-state index contributed by atoms with van der Waals surface area (Å²) in [7, 11) is -3.60. The molecule has 1 N–H and O–H groups in total. The monoisotopic (exact) mass is 468 g/mol. The van der Waals surface area contributed by atoms with Gasteiger partial charge in [-0.05, 0) is 74.6 Å². The fourth-order valence-corrected chi connectivity index (χ4v) is 6.28. The van der Waals surface area contributed by atoms with Crippen LogP contribution in [0.3, 0.4) is 0 Å². The number of anilines is 1. The van der Waals surface area contributed by atoms with Gasteiger partial charge in [-0.15, -0.1) is 0 Å². The van der Waals surface area contributed by atoms with E-state index in [-0.39, 0.29) is 22.1 Å². The van der Waals surface area contributed by atoms with E-state index in [2.05, 4.69) is 5.32 Å². The fraction of sp³-hybridized carbons (Fsp3) is 0.360. The Morgan fingerprint density at radius 1 is 1.12 bits per heavy atom. The number of hydrogen-bond donors (Lipinski definition) is 1. The van der Waals surface area contributed by atoms with Crippen LogP contribution in [0.25, 0.3) is 11.0 Å². The number of benzene rings is 2. The summed E-state index contributed by atoms with van der Waals surface area (Å²) in [4.78, 5) is 25.5. The summed E-state index contributed by atoms with van der Waals surface area (Å²) in [5, 5.41) is 3.13. The molecule has 0 bridgehead atoms. The van der Waals surface area contributed by atoms with Gasteiger partial charge in [-0.25, -0.2) is 8.42 Å². The van der Waals surface area contributed by atoms with Gasteiger partial charge in [0.15, 0.2) is 11.2 Å². The quantitative estimate of drug-likeness (QED) is 0.590. The molecule has 2 heterocycles. The number of nitrogens with one attached hydrogen (secondary N) is 1. The van der Waals surface area contributed by atoms with Crippen molar-refractivity contribution in [3.8, 4) is 0 Å². The third-order valence-electron chi connectivity index (χ3n) is 6.16. The largest absolute Gasteiger partial charge is 0.451 e. The van der Waals surface area contributed by atoms with E-state index in [1.54, 1.807) is 22.5 Å². The van der Waals surface area contributed by atoms with Crippen LogP contribution >= 0.6 is 0 Å². The normalized spacial score (nSPS) is 17.2. The molecule has 1 saturated heterocycles. The van der Waals surface area contributed by atoms with Gasteiger partial charge in [0.25, 0.3) is 5.91 Å². The van der Waals surface area contributed by atoms with E-state index in [1.807, 2.05) is 26.8 Å². The van der Waals surface area contributed by atoms with Crippen LogP contribution in [0, 0.1) is 13.8 Å². The van der Waals surface area contributed by atoms with E-state index < -0.39 is 15.9 Å². The molecule has 1 aromatic heterocycles. The predicted octanol–water partition coefficient (Wildman–Crippen LogP) is 4.62. The Kier molecular flexibility index (Phi) is 6.41. The molecule has 33 heavy (non-hydrogen) atoms. The van der Waals surface area contributed by atoms with Gasteiger partial charge in [0, 0.05) is 24.3 Å². The van der Waals surface area contributed by atoms with Gasteiger partial charge in [0.05, 0.1) is 10.3 Å². The number of amides is 1. The molecule has 1 amide bonds. The average molecular weight is 469 g/mol. The Morgan fingerprint density at radius 2 is 1.85 bits per heavy atom. The van der Waals surface area contributed by atoms with Crippen LogP contribution in [-0.4, -0.2) is 31.2 Å². The average Bonchev–Trinajstić information content (AvgIpc) is 2.78. The smallest absolute Gasteiger partial charge is 0.291 e. The van der Waals surface area contributed by atoms with Crippen molar-refractivity contribution < 1.29 is 17.6 Å². The first-order valence-electron chi connectivity index (χ1n) is 11.2. The molecule has 1 aliphatic rings. The Bertz CT molecular complexity index is 1360. The van der Waals surface area contributed by atoms with Crippen molar-refractivity contribution in [1.82, 2.24) is 4.31 Å². The molecule has 0 unspecified atom stereocenters. The fourth-order valence-electron chi connectivity index (χ4n) is 4.51. The molecule has 0 spiro atoms. The molecular formula is C25H28N2O5S. The van der Waals surface area contributed by atoms with E-state index in [1.165, 1.54) is 18.2 Å². The summed E-state index contributed by atoms with van der Waals surface area (Å²) in [6, 6.07) is 10.9. The van der Waals surface area contributed by atoms with Crippen LogP contribution in [0.1, 0.15) is 54.3 Å². The molecule has 0 radical (unpaired) electrons. The first kappa shape index (κ1) is 23.2. The van der Waals surface area contributed by atoms with Gasteiger partial charge >= 0.3 is 0 Å². The second-order valence-corrected chi connectivity index (χ2v) is 10.5. The van der Waals surface area contributed by atoms with Gasteiger partial charge < -0.3 is 9.73 Å². The number of hydrogen-bond acceptors (Lipinski definition) is 5. The van der Waals surface area contributed by atoms with Gasteiger partial charge in [0.2, 0.25) is 10.0 Å².